The molecule has 0 radical (unpaired) electrons. The summed E-state index contributed by atoms with van der Waals surface area (Å²) in [5, 5.41) is 0. The molecule has 0 aromatic heterocycles. The van der Waals surface area contributed by atoms with E-state index in [0.717, 1.165) is 37.1 Å². The van der Waals surface area contributed by atoms with Gasteiger partial charge in [0.1, 0.15) is 12.2 Å². The lowest BCUT2D eigenvalue weighted by Crippen LogP contribution is -2.42. The molecule has 6 nitrogen and oxygen atoms in total. The number of hydrogen-bond acceptors (Lipinski definition) is 4. The van der Waals surface area contributed by atoms with Gasteiger partial charge in [0, 0.05) is 13.1 Å². The Morgan fingerprint density at radius 1 is 0.786 bits per heavy atom. The summed E-state index contributed by atoms with van der Waals surface area (Å²) in [7, 11) is 0. The molecule has 3 aliphatic rings. The summed E-state index contributed by atoms with van der Waals surface area (Å²) in [6, 6.07) is 7.71. The predicted octanol–water partition coefficient (Wildman–Crippen LogP) is 3.14. The van der Waals surface area contributed by atoms with Crippen LogP contribution in [0.5, 0.6) is 0 Å². The first-order valence-corrected chi connectivity index (χ1v) is 10.5. The molecular formula is C22H30N2O4. The quantitative estimate of drug-likeness (QED) is 0.784. The van der Waals surface area contributed by atoms with E-state index >= 15 is 0 Å². The summed E-state index contributed by atoms with van der Waals surface area (Å²) in [5.74, 6) is 0.158. The van der Waals surface area contributed by atoms with Gasteiger partial charge < -0.3 is 19.3 Å². The number of carbonyl (C=O) groups is 2. The van der Waals surface area contributed by atoms with Crippen molar-refractivity contribution in [2.45, 2.75) is 70.9 Å². The fourth-order valence-corrected chi connectivity index (χ4v) is 4.53. The molecule has 0 bridgehead atoms. The van der Waals surface area contributed by atoms with Crippen molar-refractivity contribution in [3.8, 4) is 0 Å². The molecule has 0 aliphatic carbocycles. The van der Waals surface area contributed by atoms with E-state index in [0.29, 0.717) is 13.1 Å². The van der Waals surface area contributed by atoms with Gasteiger partial charge in [-0.3, -0.25) is 9.59 Å². The first kappa shape index (κ1) is 19.4. The Morgan fingerprint density at radius 3 is 1.57 bits per heavy atom. The van der Waals surface area contributed by atoms with Crippen LogP contribution < -0.4 is 9.80 Å². The van der Waals surface area contributed by atoms with Crippen molar-refractivity contribution in [2.75, 3.05) is 22.9 Å². The normalized spacial score (nSPS) is 32.9. The average molecular weight is 386 g/mol. The largest absolute Gasteiger partial charge is 0.365 e. The molecule has 3 aliphatic heterocycles. The predicted molar refractivity (Wildman–Crippen MR) is 107 cm³/mol. The van der Waals surface area contributed by atoms with Crippen LogP contribution in [0.2, 0.25) is 0 Å². The minimum Gasteiger partial charge on any atom is -0.365 e. The maximum atomic E-state index is 13.3. The minimum absolute atomic E-state index is 0.00341. The van der Waals surface area contributed by atoms with E-state index in [1.165, 1.54) is 0 Å². The van der Waals surface area contributed by atoms with Gasteiger partial charge in [0.25, 0.3) is 11.8 Å². The number of amides is 2. The van der Waals surface area contributed by atoms with E-state index in [1.807, 2.05) is 47.9 Å². The SMILES string of the molecule is CC1CN(C(=O)[C@@H]2CC[C@@H](C)O2)c2ccccc2N(C(=O)[C@@H]2CC[C@H](C)O2)C1. The highest BCUT2D eigenvalue weighted by atomic mass is 16.5. The molecule has 3 heterocycles. The zero-order valence-corrected chi connectivity index (χ0v) is 17.0. The number of anilines is 2. The number of fused-ring (bicyclic) bond motifs is 1. The number of rotatable bonds is 2. The van der Waals surface area contributed by atoms with Crippen molar-refractivity contribution in [3.63, 3.8) is 0 Å². The molecule has 0 spiro atoms. The van der Waals surface area contributed by atoms with Crippen molar-refractivity contribution in [2.24, 2.45) is 5.92 Å². The molecule has 2 amide bonds. The van der Waals surface area contributed by atoms with Crippen LogP contribution in [0.4, 0.5) is 11.4 Å². The van der Waals surface area contributed by atoms with Crippen molar-refractivity contribution < 1.29 is 19.1 Å². The van der Waals surface area contributed by atoms with Crippen LogP contribution in [-0.4, -0.2) is 49.3 Å². The fraction of sp³-hybridized carbons (Fsp3) is 0.636. The molecule has 2 saturated heterocycles. The van der Waals surface area contributed by atoms with Crippen LogP contribution in [0.1, 0.15) is 46.5 Å². The van der Waals surface area contributed by atoms with Gasteiger partial charge in [-0.15, -0.1) is 0 Å². The van der Waals surface area contributed by atoms with Crippen LogP contribution in [0, 0.1) is 5.92 Å². The van der Waals surface area contributed by atoms with E-state index in [2.05, 4.69) is 6.92 Å². The zero-order valence-electron chi connectivity index (χ0n) is 17.0. The van der Waals surface area contributed by atoms with Crippen molar-refractivity contribution in [3.05, 3.63) is 24.3 Å². The van der Waals surface area contributed by atoms with Crippen LogP contribution in [-0.2, 0) is 19.1 Å². The molecule has 6 heteroatoms. The molecular weight excluding hydrogens is 356 g/mol. The lowest BCUT2D eigenvalue weighted by atomic mass is 10.1. The average Bonchev–Trinajstić information content (AvgIpc) is 3.28. The van der Waals surface area contributed by atoms with E-state index in [-0.39, 0.29) is 29.9 Å². The Kier molecular flexibility index (Phi) is 5.43. The summed E-state index contributed by atoms with van der Waals surface area (Å²) in [6.07, 6.45) is 2.77. The van der Waals surface area contributed by atoms with Gasteiger partial charge in [-0.2, -0.15) is 0 Å². The van der Waals surface area contributed by atoms with Gasteiger partial charge in [0.05, 0.1) is 23.6 Å². The second kappa shape index (κ2) is 7.84. The van der Waals surface area contributed by atoms with Crippen LogP contribution >= 0.6 is 0 Å². The topological polar surface area (TPSA) is 59.1 Å². The third kappa shape index (κ3) is 3.67. The molecule has 1 aromatic rings. The molecule has 1 unspecified atom stereocenters. The van der Waals surface area contributed by atoms with E-state index in [1.54, 1.807) is 0 Å². The van der Waals surface area contributed by atoms with Crippen LogP contribution in [0.3, 0.4) is 0 Å². The molecule has 28 heavy (non-hydrogen) atoms. The molecule has 2 fully saturated rings. The van der Waals surface area contributed by atoms with Crippen molar-refractivity contribution in [1.82, 2.24) is 0 Å². The third-order valence-electron chi connectivity index (χ3n) is 6.00. The molecule has 152 valence electrons. The van der Waals surface area contributed by atoms with Gasteiger partial charge in [0.15, 0.2) is 0 Å². The zero-order chi connectivity index (χ0) is 19.8. The van der Waals surface area contributed by atoms with E-state index in [9.17, 15) is 9.59 Å². The number of benzene rings is 1. The molecule has 5 atom stereocenters. The van der Waals surface area contributed by atoms with Crippen molar-refractivity contribution >= 4 is 23.2 Å². The molecule has 0 N–H and O–H groups in total. The summed E-state index contributed by atoms with van der Waals surface area (Å²) in [4.78, 5) is 30.2. The van der Waals surface area contributed by atoms with Crippen molar-refractivity contribution in [1.29, 1.82) is 0 Å². The van der Waals surface area contributed by atoms with Gasteiger partial charge >= 0.3 is 0 Å². The second-order valence-corrected chi connectivity index (χ2v) is 8.52. The Balaban J connectivity index is 1.65. The molecule has 1 aromatic carbocycles. The fourth-order valence-electron chi connectivity index (χ4n) is 4.53. The van der Waals surface area contributed by atoms with Crippen LogP contribution in [0.25, 0.3) is 0 Å². The number of ether oxygens (including phenoxy) is 2. The monoisotopic (exact) mass is 386 g/mol. The summed E-state index contributed by atoms with van der Waals surface area (Å²) < 4.78 is 11.7. The number of para-hydroxylation sites is 2. The standard InChI is InChI=1S/C22H30N2O4/c1-14-12-23(21(25)19-10-8-15(2)27-19)17-6-4-5-7-18(17)24(13-14)22(26)20-11-9-16(3)28-20/h4-7,14-16,19-20H,8-13H2,1-3H3/t14?,15-,16+,19-,20-/m0/s1. The van der Waals surface area contributed by atoms with Gasteiger partial charge in [0.2, 0.25) is 0 Å². The maximum Gasteiger partial charge on any atom is 0.256 e. The highest BCUT2D eigenvalue weighted by Gasteiger charge is 2.39. The van der Waals surface area contributed by atoms with Gasteiger partial charge in [-0.05, 0) is 57.6 Å². The number of carbonyl (C=O) groups excluding carboxylic acids is 2. The smallest absolute Gasteiger partial charge is 0.256 e. The lowest BCUT2D eigenvalue weighted by Gasteiger charge is -2.28. The van der Waals surface area contributed by atoms with Gasteiger partial charge in [-0.1, -0.05) is 19.1 Å². The summed E-state index contributed by atoms with van der Waals surface area (Å²) >= 11 is 0. The molecule has 4 rings (SSSR count). The van der Waals surface area contributed by atoms with E-state index < -0.39 is 12.2 Å². The summed E-state index contributed by atoms with van der Waals surface area (Å²) in [5.41, 5.74) is 1.58. The third-order valence-corrected chi connectivity index (χ3v) is 6.00. The minimum atomic E-state index is -0.392. The number of hydrogen-bond donors (Lipinski definition) is 0. The first-order valence-electron chi connectivity index (χ1n) is 10.5. The maximum absolute atomic E-state index is 13.3. The Labute approximate surface area is 166 Å². The number of nitrogens with zero attached hydrogens (tertiary/aromatic N) is 2. The second-order valence-electron chi connectivity index (χ2n) is 8.52. The highest BCUT2D eigenvalue weighted by molar-refractivity contribution is 6.05. The van der Waals surface area contributed by atoms with E-state index in [4.69, 9.17) is 9.47 Å². The highest BCUT2D eigenvalue weighted by Crippen LogP contribution is 2.36. The molecule has 0 saturated carbocycles. The van der Waals surface area contributed by atoms with Gasteiger partial charge in [-0.25, -0.2) is 0 Å². The van der Waals surface area contributed by atoms with Crippen LogP contribution in [0.15, 0.2) is 24.3 Å². The first-order chi connectivity index (χ1) is 13.4. The Hall–Kier alpha value is -1.92. The Morgan fingerprint density at radius 2 is 1.21 bits per heavy atom. The summed E-state index contributed by atoms with van der Waals surface area (Å²) in [6.45, 7) is 7.26. The Bertz CT molecular complexity index is 691. The lowest BCUT2D eigenvalue weighted by molar-refractivity contribution is -0.129.